The number of hydrogen-bond donors (Lipinski definition) is 2. The number of rotatable bonds is 4. The lowest BCUT2D eigenvalue weighted by Crippen LogP contribution is -2.08. The molecule has 1 heterocycles. The van der Waals surface area contributed by atoms with Gasteiger partial charge in [-0.15, -0.1) is 0 Å². The highest BCUT2D eigenvalue weighted by Gasteiger charge is 2.07. The second-order valence-electron chi connectivity index (χ2n) is 2.73. The first kappa shape index (κ1) is 9.83. The number of aliphatic hydroxyl groups excluding tert-OH is 1. The Morgan fingerprint density at radius 2 is 2.46 bits per heavy atom. The second kappa shape index (κ2) is 4.69. The van der Waals surface area contributed by atoms with Gasteiger partial charge < -0.3 is 10.8 Å². The van der Waals surface area contributed by atoms with Crippen molar-refractivity contribution in [1.82, 2.24) is 4.98 Å². The van der Waals surface area contributed by atoms with E-state index in [1.54, 1.807) is 12.1 Å². The average molecular weight is 180 g/mol. The van der Waals surface area contributed by atoms with Crippen LogP contribution in [0.5, 0.6) is 0 Å². The Balaban J connectivity index is 2.81. The van der Waals surface area contributed by atoms with Gasteiger partial charge in [0.15, 0.2) is 0 Å². The largest absolute Gasteiger partial charge is 0.387 e. The molecule has 1 rings (SSSR count). The molecule has 0 aromatic carbocycles. The van der Waals surface area contributed by atoms with Gasteiger partial charge in [-0.1, -0.05) is 0 Å². The van der Waals surface area contributed by atoms with Crippen molar-refractivity contribution in [3.63, 3.8) is 0 Å². The summed E-state index contributed by atoms with van der Waals surface area (Å²) in [5.74, 6) is 0. The lowest BCUT2D eigenvalue weighted by Gasteiger charge is -2.07. The number of carbonyl (C=O) groups excluding carboxylic acids is 1. The monoisotopic (exact) mass is 180 g/mol. The minimum atomic E-state index is -0.676. The summed E-state index contributed by atoms with van der Waals surface area (Å²) in [5.41, 5.74) is 6.29. The molecule has 0 saturated carbocycles. The summed E-state index contributed by atoms with van der Waals surface area (Å²) in [7, 11) is 0. The van der Waals surface area contributed by atoms with Crippen LogP contribution in [0, 0.1) is 0 Å². The van der Waals surface area contributed by atoms with E-state index in [2.05, 4.69) is 4.98 Å². The van der Waals surface area contributed by atoms with Gasteiger partial charge in [-0.25, -0.2) is 0 Å². The molecule has 0 aliphatic heterocycles. The summed E-state index contributed by atoms with van der Waals surface area (Å²) in [6.07, 6.45) is 2.00. The van der Waals surface area contributed by atoms with Gasteiger partial charge >= 0.3 is 0 Å². The van der Waals surface area contributed by atoms with Crippen LogP contribution >= 0.6 is 0 Å². The van der Waals surface area contributed by atoms with Gasteiger partial charge in [0.25, 0.3) is 0 Å². The number of aliphatic hydroxyl groups is 1. The highest BCUT2D eigenvalue weighted by Crippen LogP contribution is 2.13. The van der Waals surface area contributed by atoms with E-state index >= 15 is 0 Å². The Morgan fingerprint density at radius 3 is 3.08 bits per heavy atom. The van der Waals surface area contributed by atoms with E-state index in [9.17, 15) is 9.90 Å². The van der Waals surface area contributed by atoms with E-state index in [4.69, 9.17) is 5.73 Å². The molecule has 0 amide bonds. The summed E-state index contributed by atoms with van der Waals surface area (Å²) >= 11 is 0. The number of nitrogens with zero attached hydrogens (tertiary/aromatic N) is 1. The molecule has 0 aliphatic carbocycles. The second-order valence-corrected chi connectivity index (χ2v) is 2.73. The smallest absolute Gasteiger partial charge is 0.150 e. The predicted molar refractivity (Wildman–Crippen MR) is 48.3 cm³/mol. The minimum Gasteiger partial charge on any atom is -0.387 e. The van der Waals surface area contributed by atoms with Crippen molar-refractivity contribution in [2.75, 3.05) is 6.54 Å². The summed E-state index contributed by atoms with van der Waals surface area (Å²) in [5, 5.41) is 9.48. The SMILES string of the molecule is NCCC(O)c1cc(C=O)ccn1. The standard InChI is InChI=1S/C9H12N2O2/c10-3-1-9(13)8-5-7(6-12)2-4-11-8/h2,4-6,9,13H,1,3,10H2. The molecular weight excluding hydrogens is 168 g/mol. The van der Waals surface area contributed by atoms with Crippen molar-refractivity contribution in [3.05, 3.63) is 29.6 Å². The first-order chi connectivity index (χ1) is 6.27. The summed E-state index contributed by atoms with van der Waals surface area (Å²) < 4.78 is 0. The third-order valence-electron chi connectivity index (χ3n) is 1.72. The predicted octanol–water partition coefficient (Wildman–Crippen LogP) is 0.276. The van der Waals surface area contributed by atoms with Crippen molar-refractivity contribution in [3.8, 4) is 0 Å². The zero-order valence-electron chi connectivity index (χ0n) is 7.18. The van der Waals surface area contributed by atoms with Gasteiger partial charge in [0.05, 0.1) is 11.8 Å². The Bertz CT molecular complexity index is 289. The van der Waals surface area contributed by atoms with Gasteiger partial charge in [0.1, 0.15) is 6.29 Å². The maximum absolute atomic E-state index is 10.4. The fourth-order valence-electron chi connectivity index (χ4n) is 1.03. The maximum atomic E-state index is 10.4. The minimum absolute atomic E-state index is 0.397. The first-order valence-electron chi connectivity index (χ1n) is 4.07. The molecule has 0 fully saturated rings. The molecule has 1 unspecified atom stereocenters. The number of carbonyl (C=O) groups is 1. The van der Waals surface area contributed by atoms with Crippen LogP contribution in [0.1, 0.15) is 28.6 Å². The van der Waals surface area contributed by atoms with Crippen LogP contribution in [0.15, 0.2) is 18.3 Å². The molecule has 4 heteroatoms. The molecule has 13 heavy (non-hydrogen) atoms. The Kier molecular flexibility index (Phi) is 3.54. The number of nitrogens with two attached hydrogens (primary N) is 1. The van der Waals surface area contributed by atoms with Crippen LogP contribution in [0.2, 0.25) is 0 Å². The zero-order chi connectivity index (χ0) is 9.68. The lowest BCUT2D eigenvalue weighted by molar-refractivity contribution is 0.112. The number of hydrogen-bond acceptors (Lipinski definition) is 4. The van der Waals surface area contributed by atoms with Gasteiger partial charge in [-0.3, -0.25) is 9.78 Å². The highest BCUT2D eigenvalue weighted by molar-refractivity contribution is 5.74. The number of aldehydes is 1. The molecule has 70 valence electrons. The molecule has 3 N–H and O–H groups in total. The normalized spacial score (nSPS) is 12.5. The maximum Gasteiger partial charge on any atom is 0.150 e. The van der Waals surface area contributed by atoms with E-state index in [1.807, 2.05) is 0 Å². The van der Waals surface area contributed by atoms with Gasteiger partial charge in [0.2, 0.25) is 0 Å². The van der Waals surface area contributed by atoms with E-state index in [0.717, 1.165) is 6.29 Å². The molecule has 0 bridgehead atoms. The van der Waals surface area contributed by atoms with Crippen LogP contribution < -0.4 is 5.73 Å². The van der Waals surface area contributed by atoms with Crippen LogP contribution in [0.4, 0.5) is 0 Å². The van der Waals surface area contributed by atoms with E-state index in [-0.39, 0.29) is 0 Å². The summed E-state index contributed by atoms with van der Waals surface area (Å²) in [6.45, 7) is 0.397. The van der Waals surface area contributed by atoms with Crippen molar-refractivity contribution >= 4 is 6.29 Å². The third kappa shape index (κ3) is 2.61. The Hall–Kier alpha value is -1.26. The van der Waals surface area contributed by atoms with Crippen molar-refractivity contribution in [1.29, 1.82) is 0 Å². The van der Waals surface area contributed by atoms with Crippen molar-refractivity contribution < 1.29 is 9.90 Å². The fraction of sp³-hybridized carbons (Fsp3) is 0.333. The van der Waals surface area contributed by atoms with Gasteiger partial charge in [-0.2, -0.15) is 0 Å². The highest BCUT2D eigenvalue weighted by atomic mass is 16.3. The summed E-state index contributed by atoms with van der Waals surface area (Å²) in [4.78, 5) is 14.3. The Morgan fingerprint density at radius 1 is 1.69 bits per heavy atom. The first-order valence-corrected chi connectivity index (χ1v) is 4.07. The van der Waals surface area contributed by atoms with E-state index in [0.29, 0.717) is 24.2 Å². The van der Waals surface area contributed by atoms with Crippen LogP contribution in [0.25, 0.3) is 0 Å². The quantitative estimate of drug-likeness (QED) is 0.652. The molecule has 0 radical (unpaired) electrons. The number of pyridine rings is 1. The van der Waals surface area contributed by atoms with Gasteiger partial charge in [0, 0.05) is 11.8 Å². The fourth-order valence-corrected chi connectivity index (χ4v) is 1.03. The van der Waals surface area contributed by atoms with Crippen LogP contribution in [-0.4, -0.2) is 22.9 Å². The van der Waals surface area contributed by atoms with Crippen LogP contribution in [-0.2, 0) is 0 Å². The number of aromatic nitrogens is 1. The van der Waals surface area contributed by atoms with E-state index < -0.39 is 6.10 Å². The van der Waals surface area contributed by atoms with Crippen LogP contribution in [0.3, 0.4) is 0 Å². The zero-order valence-corrected chi connectivity index (χ0v) is 7.18. The molecule has 0 saturated heterocycles. The summed E-state index contributed by atoms with van der Waals surface area (Å²) in [6, 6.07) is 3.15. The van der Waals surface area contributed by atoms with Gasteiger partial charge in [-0.05, 0) is 25.1 Å². The molecule has 0 spiro atoms. The molecule has 0 aliphatic rings. The molecule has 1 atom stereocenters. The van der Waals surface area contributed by atoms with Crippen molar-refractivity contribution in [2.45, 2.75) is 12.5 Å². The third-order valence-corrected chi connectivity index (χ3v) is 1.72. The Labute approximate surface area is 76.4 Å². The average Bonchev–Trinajstić information content (AvgIpc) is 2.18. The van der Waals surface area contributed by atoms with Crippen molar-refractivity contribution in [2.24, 2.45) is 5.73 Å². The lowest BCUT2D eigenvalue weighted by atomic mass is 10.1. The topological polar surface area (TPSA) is 76.2 Å². The van der Waals surface area contributed by atoms with E-state index in [1.165, 1.54) is 6.20 Å². The molecular formula is C9H12N2O2. The molecule has 1 aromatic heterocycles. The molecule has 4 nitrogen and oxygen atoms in total. The molecule has 1 aromatic rings.